The number of hydrogen-bond acceptors (Lipinski definition) is 3. The number of piperazine rings is 1. The van der Waals surface area contributed by atoms with E-state index in [-0.39, 0.29) is 11.4 Å². The highest BCUT2D eigenvalue weighted by Gasteiger charge is 2.41. The molecule has 0 saturated carbocycles. The van der Waals surface area contributed by atoms with Crippen LogP contribution in [0.25, 0.3) is 0 Å². The summed E-state index contributed by atoms with van der Waals surface area (Å²) >= 11 is 0. The molecule has 0 aromatic carbocycles. The fourth-order valence-electron chi connectivity index (χ4n) is 1.85. The Morgan fingerprint density at radius 2 is 2.00 bits per heavy atom. The van der Waals surface area contributed by atoms with Crippen molar-refractivity contribution in [2.75, 3.05) is 26.3 Å². The Balaban J connectivity index is 2.09. The molecule has 2 N–H and O–H groups in total. The number of carbonyl (C=O) groups excluding carboxylic acids is 1. The normalized spacial score (nSPS) is 28.5. The molecule has 0 radical (unpaired) electrons. The van der Waals surface area contributed by atoms with Crippen LogP contribution in [0.4, 0.5) is 0 Å². The van der Waals surface area contributed by atoms with Crippen LogP contribution in [0.3, 0.4) is 0 Å². The van der Waals surface area contributed by atoms with Gasteiger partial charge in [0.25, 0.3) is 0 Å². The molecule has 4 nitrogen and oxygen atoms in total. The Morgan fingerprint density at radius 1 is 1.25 bits per heavy atom. The lowest BCUT2D eigenvalue weighted by molar-refractivity contribution is -0.133. The Morgan fingerprint density at radius 3 is 2.67 bits per heavy atom. The molecule has 12 heavy (non-hydrogen) atoms. The van der Waals surface area contributed by atoms with Crippen LogP contribution in [-0.4, -0.2) is 37.7 Å². The zero-order chi connectivity index (χ0) is 8.44. The second-order valence-corrected chi connectivity index (χ2v) is 3.38. The molecule has 0 unspecified atom stereocenters. The van der Waals surface area contributed by atoms with E-state index >= 15 is 0 Å². The number of ether oxygens (including phenoxy) is 1. The highest BCUT2D eigenvalue weighted by Crippen LogP contribution is 2.21. The number of rotatable bonds is 0. The van der Waals surface area contributed by atoms with Gasteiger partial charge in [-0.25, -0.2) is 0 Å². The van der Waals surface area contributed by atoms with Gasteiger partial charge in [-0.3, -0.25) is 4.79 Å². The molecule has 1 spiro atoms. The van der Waals surface area contributed by atoms with Crippen LogP contribution < -0.4 is 10.6 Å². The maximum Gasteiger partial charge on any atom is 0.240 e. The summed E-state index contributed by atoms with van der Waals surface area (Å²) in [7, 11) is 0. The highest BCUT2D eigenvalue weighted by molar-refractivity contribution is 5.87. The van der Waals surface area contributed by atoms with Crippen molar-refractivity contribution in [3.05, 3.63) is 0 Å². The van der Waals surface area contributed by atoms with E-state index in [2.05, 4.69) is 10.6 Å². The number of carbonyl (C=O) groups is 1. The second kappa shape index (κ2) is 3.03. The van der Waals surface area contributed by atoms with Crippen molar-refractivity contribution in [1.82, 2.24) is 10.6 Å². The predicted octanol–water partition coefficient (Wildman–Crippen LogP) is -0.745. The molecule has 2 saturated heterocycles. The van der Waals surface area contributed by atoms with Gasteiger partial charge in [-0.2, -0.15) is 0 Å². The summed E-state index contributed by atoms with van der Waals surface area (Å²) in [5.74, 6) is 0.150. The van der Waals surface area contributed by atoms with Crippen molar-refractivity contribution in [1.29, 1.82) is 0 Å². The van der Waals surface area contributed by atoms with Gasteiger partial charge in [0, 0.05) is 26.3 Å². The first-order valence-corrected chi connectivity index (χ1v) is 4.45. The van der Waals surface area contributed by atoms with Gasteiger partial charge < -0.3 is 15.4 Å². The van der Waals surface area contributed by atoms with E-state index in [1.165, 1.54) is 0 Å². The summed E-state index contributed by atoms with van der Waals surface area (Å²) < 4.78 is 5.23. The van der Waals surface area contributed by atoms with Crippen LogP contribution in [0.1, 0.15) is 12.8 Å². The maximum atomic E-state index is 11.5. The summed E-state index contributed by atoms with van der Waals surface area (Å²) in [6.45, 7) is 3.02. The minimum Gasteiger partial charge on any atom is -0.381 e. The molecule has 2 rings (SSSR count). The molecule has 0 aromatic heterocycles. The summed E-state index contributed by atoms with van der Waals surface area (Å²) in [5, 5.41) is 6.18. The van der Waals surface area contributed by atoms with Gasteiger partial charge in [0.2, 0.25) is 5.91 Å². The molecular weight excluding hydrogens is 156 g/mol. The lowest BCUT2D eigenvalue weighted by Gasteiger charge is -2.39. The molecule has 2 heterocycles. The van der Waals surface area contributed by atoms with Crippen LogP contribution in [0.5, 0.6) is 0 Å². The van der Waals surface area contributed by atoms with Crippen molar-refractivity contribution < 1.29 is 9.53 Å². The topological polar surface area (TPSA) is 50.4 Å². The van der Waals surface area contributed by atoms with Gasteiger partial charge in [0.1, 0.15) is 5.54 Å². The summed E-state index contributed by atoms with van der Waals surface area (Å²) in [4.78, 5) is 11.5. The smallest absolute Gasteiger partial charge is 0.240 e. The zero-order valence-electron chi connectivity index (χ0n) is 7.06. The van der Waals surface area contributed by atoms with Crippen molar-refractivity contribution in [3.63, 3.8) is 0 Å². The van der Waals surface area contributed by atoms with E-state index in [0.717, 1.165) is 25.9 Å². The largest absolute Gasteiger partial charge is 0.381 e. The first kappa shape index (κ1) is 8.01. The molecule has 0 atom stereocenters. The minimum atomic E-state index is -0.309. The Kier molecular flexibility index (Phi) is 2.02. The average Bonchev–Trinajstić information content (AvgIpc) is 2.12. The molecule has 68 valence electrons. The fourth-order valence-corrected chi connectivity index (χ4v) is 1.85. The number of nitrogens with one attached hydrogen (secondary N) is 2. The highest BCUT2D eigenvalue weighted by atomic mass is 16.5. The van der Waals surface area contributed by atoms with E-state index in [1.54, 1.807) is 0 Å². The van der Waals surface area contributed by atoms with Gasteiger partial charge >= 0.3 is 0 Å². The molecule has 1 amide bonds. The second-order valence-electron chi connectivity index (χ2n) is 3.38. The standard InChI is InChI=1S/C8H14N2O2/c11-7-8(10-4-3-9-7)1-5-12-6-2-8/h10H,1-6H2,(H,9,11). The summed E-state index contributed by atoms with van der Waals surface area (Å²) in [6.07, 6.45) is 1.61. The minimum absolute atomic E-state index is 0.150. The Hall–Kier alpha value is -0.610. The van der Waals surface area contributed by atoms with Crippen LogP contribution in [0.15, 0.2) is 0 Å². The molecule has 4 heteroatoms. The molecular formula is C8H14N2O2. The van der Waals surface area contributed by atoms with Gasteiger partial charge in [0.05, 0.1) is 0 Å². The quantitative estimate of drug-likeness (QED) is 0.503. The average molecular weight is 170 g/mol. The van der Waals surface area contributed by atoms with Gasteiger partial charge in [-0.1, -0.05) is 0 Å². The van der Waals surface area contributed by atoms with E-state index in [4.69, 9.17) is 4.74 Å². The molecule has 2 aliphatic heterocycles. The van der Waals surface area contributed by atoms with Crippen LogP contribution >= 0.6 is 0 Å². The van der Waals surface area contributed by atoms with E-state index in [0.29, 0.717) is 13.2 Å². The van der Waals surface area contributed by atoms with E-state index in [9.17, 15) is 4.79 Å². The first-order valence-electron chi connectivity index (χ1n) is 4.45. The summed E-state index contributed by atoms with van der Waals surface area (Å²) in [5.41, 5.74) is -0.309. The molecule has 0 aromatic rings. The molecule has 2 aliphatic rings. The van der Waals surface area contributed by atoms with Gasteiger partial charge in [-0.15, -0.1) is 0 Å². The van der Waals surface area contributed by atoms with Crippen molar-refractivity contribution in [3.8, 4) is 0 Å². The van der Waals surface area contributed by atoms with Crippen molar-refractivity contribution >= 4 is 5.91 Å². The van der Waals surface area contributed by atoms with E-state index < -0.39 is 0 Å². The zero-order valence-corrected chi connectivity index (χ0v) is 7.06. The third kappa shape index (κ3) is 1.21. The van der Waals surface area contributed by atoms with Gasteiger partial charge in [0.15, 0.2) is 0 Å². The summed E-state index contributed by atoms with van der Waals surface area (Å²) in [6, 6.07) is 0. The Labute approximate surface area is 71.7 Å². The number of amides is 1. The third-order valence-electron chi connectivity index (χ3n) is 2.65. The maximum absolute atomic E-state index is 11.5. The first-order chi connectivity index (χ1) is 5.83. The number of hydrogen-bond donors (Lipinski definition) is 2. The van der Waals surface area contributed by atoms with Crippen molar-refractivity contribution in [2.45, 2.75) is 18.4 Å². The predicted molar refractivity (Wildman–Crippen MR) is 43.8 cm³/mol. The molecule has 0 bridgehead atoms. The van der Waals surface area contributed by atoms with Crippen molar-refractivity contribution in [2.24, 2.45) is 0 Å². The lowest BCUT2D eigenvalue weighted by Crippen LogP contribution is -2.65. The molecule has 2 fully saturated rings. The van der Waals surface area contributed by atoms with Crippen LogP contribution in [0.2, 0.25) is 0 Å². The third-order valence-corrected chi connectivity index (χ3v) is 2.65. The van der Waals surface area contributed by atoms with Crippen LogP contribution in [-0.2, 0) is 9.53 Å². The SMILES string of the molecule is O=C1NCCNC12CCOCC2. The van der Waals surface area contributed by atoms with Crippen LogP contribution in [0, 0.1) is 0 Å². The fraction of sp³-hybridized carbons (Fsp3) is 0.875. The van der Waals surface area contributed by atoms with E-state index in [1.807, 2.05) is 0 Å². The lowest BCUT2D eigenvalue weighted by atomic mass is 9.88. The Bertz CT molecular complexity index is 179. The molecule has 0 aliphatic carbocycles. The van der Waals surface area contributed by atoms with Gasteiger partial charge in [-0.05, 0) is 12.8 Å². The monoisotopic (exact) mass is 170 g/mol.